The predicted octanol–water partition coefficient (Wildman–Crippen LogP) is 3.14. The summed E-state index contributed by atoms with van der Waals surface area (Å²) in [6, 6.07) is 3.90. The van der Waals surface area contributed by atoms with Crippen LogP contribution in [0.25, 0.3) is 5.65 Å². The van der Waals surface area contributed by atoms with Crippen LogP contribution in [0, 0.1) is 19.7 Å². The molecule has 0 bridgehead atoms. The van der Waals surface area contributed by atoms with Gasteiger partial charge in [0.25, 0.3) is 5.91 Å². The molecule has 4 heterocycles. The maximum Gasteiger partial charge on any atom is 0.258 e. The third-order valence-electron chi connectivity index (χ3n) is 5.83. The highest BCUT2D eigenvalue weighted by Crippen LogP contribution is 2.32. The fourth-order valence-corrected chi connectivity index (χ4v) is 4.31. The Labute approximate surface area is 182 Å². The number of benzene rings is 1. The molecular formula is C21H21ClFN5O3. The van der Waals surface area contributed by atoms with Gasteiger partial charge in [-0.2, -0.15) is 10.2 Å². The van der Waals surface area contributed by atoms with Crippen molar-refractivity contribution in [1.82, 2.24) is 24.6 Å². The first-order chi connectivity index (χ1) is 14.8. The van der Waals surface area contributed by atoms with Crippen molar-refractivity contribution in [3.63, 3.8) is 0 Å². The summed E-state index contributed by atoms with van der Waals surface area (Å²) in [5.41, 5.74) is 4.13. The lowest BCUT2D eigenvalue weighted by atomic mass is 10.1. The van der Waals surface area contributed by atoms with Crippen molar-refractivity contribution in [3.05, 3.63) is 57.2 Å². The van der Waals surface area contributed by atoms with E-state index in [9.17, 15) is 14.4 Å². The first-order valence-corrected chi connectivity index (χ1v) is 10.4. The van der Waals surface area contributed by atoms with Crippen LogP contribution in [0.15, 0.2) is 18.2 Å². The van der Waals surface area contributed by atoms with E-state index in [1.807, 2.05) is 13.8 Å². The van der Waals surface area contributed by atoms with Gasteiger partial charge in [0.1, 0.15) is 17.7 Å². The quantitative estimate of drug-likeness (QED) is 0.667. The lowest BCUT2D eigenvalue weighted by molar-refractivity contribution is -0.0746. The number of halogens is 2. The summed E-state index contributed by atoms with van der Waals surface area (Å²) in [5, 5.41) is 15.9. The molecule has 0 spiro atoms. The predicted molar refractivity (Wildman–Crippen MR) is 110 cm³/mol. The van der Waals surface area contributed by atoms with Crippen LogP contribution in [0.5, 0.6) is 5.75 Å². The van der Waals surface area contributed by atoms with Crippen LogP contribution in [0.3, 0.4) is 0 Å². The van der Waals surface area contributed by atoms with Gasteiger partial charge in [0, 0.05) is 24.6 Å². The van der Waals surface area contributed by atoms with Crippen LogP contribution < -0.4 is 4.74 Å². The Hall–Kier alpha value is -2.75. The fourth-order valence-electron chi connectivity index (χ4n) is 4.18. The minimum atomic E-state index is -0.486. The maximum absolute atomic E-state index is 13.9. The minimum absolute atomic E-state index is 0.181. The normalized spacial score (nSPS) is 18.7. The molecule has 0 radical (unpaired) electrons. The average Bonchev–Trinajstić information content (AvgIpc) is 3.41. The molecule has 162 valence electrons. The number of nitrogens with zero attached hydrogens (tertiary/aromatic N) is 5. The second-order valence-electron chi connectivity index (χ2n) is 8.00. The van der Waals surface area contributed by atoms with Crippen LogP contribution in [0.4, 0.5) is 4.39 Å². The van der Waals surface area contributed by atoms with E-state index < -0.39 is 5.82 Å². The molecule has 1 N–H and O–H groups in total. The molecule has 1 unspecified atom stereocenters. The van der Waals surface area contributed by atoms with Crippen molar-refractivity contribution >= 4 is 23.2 Å². The van der Waals surface area contributed by atoms with Crippen LogP contribution >= 0.6 is 11.6 Å². The number of hydroxylamine groups is 2. The minimum Gasteiger partial charge on any atom is -0.488 e. The number of aromatic nitrogens is 3. The highest BCUT2D eigenvalue weighted by atomic mass is 35.5. The van der Waals surface area contributed by atoms with Crippen LogP contribution in [0.1, 0.15) is 39.4 Å². The summed E-state index contributed by atoms with van der Waals surface area (Å²) in [5.74, 6) is -0.576. The SMILES string of the molecule is Cc1nc2c3c(nn2c(C)c1Cl)CN(C(=O)c1ccc(F)cc1OC1CCN(O)C1)C3. The molecule has 1 saturated heterocycles. The molecule has 2 aliphatic heterocycles. The van der Waals surface area contributed by atoms with Gasteiger partial charge in [-0.3, -0.25) is 4.79 Å². The van der Waals surface area contributed by atoms with Gasteiger partial charge in [-0.1, -0.05) is 11.6 Å². The maximum atomic E-state index is 13.9. The van der Waals surface area contributed by atoms with Crippen LogP contribution in [0.2, 0.25) is 5.02 Å². The van der Waals surface area contributed by atoms with E-state index in [4.69, 9.17) is 16.3 Å². The fraction of sp³-hybridized carbons (Fsp3) is 0.381. The zero-order chi connectivity index (χ0) is 21.9. The molecule has 1 fully saturated rings. The second kappa shape index (κ2) is 7.44. The largest absolute Gasteiger partial charge is 0.488 e. The van der Waals surface area contributed by atoms with Crippen molar-refractivity contribution in [2.45, 2.75) is 39.5 Å². The molecule has 3 aromatic rings. The lowest BCUT2D eigenvalue weighted by Gasteiger charge is -2.20. The molecule has 1 aromatic carbocycles. The molecule has 2 aliphatic rings. The number of aryl methyl sites for hydroxylation is 2. The van der Waals surface area contributed by atoms with Gasteiger partial charge in [0.05, 0.1) is 47.3 Å². The molecule has 2 aromatic heterocycles. The topological polar surface area (TPSA) is 83.2 Å². The van der Waals surface area contributed by atoms with E-state index in [0.29, 0.717) is 49.0 Å². The van der Waals surface area contributed by atoms with Gasteiger partial charge in [0.2, 0.25) is 0 Å². The number of carbonyl (C=O) groups is 1. The van der Waals surface area contributed by atoms with Crippen LogP contribution in [-0.2, 0) is 13.1 Å². The number of fused-ring (bicyclic) bond motifs is 3. The first kappa shape index (κ1) is 20.2. The summed E-state index contributed by atoms with van der Waals surface area (Å²) >= 11 is 6.30. The van der Waals surface area contributed by atoms with Gasteiger partial charge in [-0.05, 0) is 26.0 Å². The Morgan fingerprint density at radius 2 is 2.13 bits per heavy atom. The van der Waals surface area contributed by atoms with E-state index in [1.165, 1.54) is 18.2 Å². The number of hydrogen-bond acceptors (Lipinski definition) is 6. The standard InChI is InChI=1S/C21H21ClFN5O3/c1-11-19(22)12(2)28-20(24-11)16-9-26(10-17(16)25-28)21(29)15-4-3-13(23)7-18(15)31-14-5-6-27(30)8-14/h3-4,7,14,30H,5-6,8-10H2,1-2H3. The summed E-state index contributed by atoms with van der Waals surface area (Å²) in [6.07, 6.45) is 0.290. The molecule has 8 nitrogen and oxygen atoms in total. The molecule has 0 saturated carbocycles. The molecule has 31 heavy (non-hydrogen) atoms. The molecule has 0 aliphatic carbocycles. The van der Waals surface area contributed by atoms with E-state index >= 15 is 0 Å². The van der Waals surface area contributed by atoms with E-state index in [2.05, 4.69) is 10.1 Å². The molecule has 5 rings (SSSR count). The number of carbonyl (C=O) groups excluding carboxylic acids is 1. The number of ether oxygens (including phenoxy) is 1. The molecule has 1 atom stereocenters. The van der Waals surface area contributed by atoms with E-state index in [-0.39, 0.29) is 23.3 Å². The van der Waals surface area contributed by atoms with Gasteiger partial charge in [0.15, 0.2) is 5.65 Å². The number of rotatable bonds is 3. The zero-order valence-electron chi connectivity index (χ0n) is 17.1. The zero-order valence-corrected chi connectivity index (χ0v) is 17.9. The van der Waals surface area contributed by atoms with Crippen molar-refractivity contribution in [3.8, 4) is 5.75 Å². The smallest absolute Gasteiger partial charge is 0.258 e. The monoisotopic (exact) mass is 445 g/mol. The Bertz CT molecular complexity index is 1210. The highest BCUT2D eigenvalue weighted by Gasteiger charge is 2.32. The molecule has 1 amide bonds. The Kier molecular flexibility index (Phi) is 4.84. The Morgan fingerprint density at radius 3 is 2.87 bits per heavy atom. The van der Waals surface area contributed by atoms with Crippen molar-refractivity contribution < 1.29 is 19.1 Å². The van der Waals surface area contributed by atoms with Crippen molar-refractivity contribution in [2.24, 2.45) is 0 Å². The second-order valence-corrected chi connectivity index (χ2v) is 8.38. The highest BCUT2D eigenvalue weighted by molar-refractivity contribution is 6.31. The third kappa shape index (κ3) is 3.42. The van der Waals surface area contributed by atoms with Gasteiger partial charge in [-0.25, -0.2) is 13.9 Å². The summed E-state index contributed by atoms with van der Waals surface area (Å²) in [7, 11) is 0. The Morgan fingerprint density at radius 1 is 1.32 bits per heavy atom. The van der Waals surface area contributed by atoms with Crippen LogP contribution in [-0.4, -0.2) is 54.9 Å². The van der Waals surface area contributed by atoms with Crippen molar-refractivity contribution in [2.75, 3.05) is 13.1 Å². The summed E-state index contributed by atoms with van der Waals surface area (Å²) < 4.78 is 21.5. The molecule has 10 heteroatoms. The van der Waals surface area contributed by atoms with Gasteiger partial charge in [-0.15, -0.1) is 0 Å². The number of amides is 1. The first-order valence-electron chi connectivity index (χ1n) is 10.0. The average molecular weight is 446 g/mol. The van der Waals surface area contributed by atoms with Gasteiger partial charge < -0.3 is 14.8 Å². The number of hydrogen-bond donors (Lipinski definition) is 1. The lowest BCUT2D eigenvalue weighted by Crippen LogP contribution is -2.28. The summed E-state index contributed by atoms with van der Waals surface area (Å²) in [6.45, 7) is 5.16. The summed E-state index contributed by atoms with van der Waals surface area (Å²) in [4.78, 5) is 19.5. The third-order valence-corrected chi connectivity index (χ3v) is 6.38. The van der Waals surface area contributed by atoms with E-state index in [0.717, 1.165) is 22.0 Å². The van der Waals surface area contributed by atoms with Gasteiger partial charge >= 0.3 is 0 Å². The Balaban J connectivity index is 1.43. The molecular weight excluding hydrogens is 425 g/mol. The van der Waals surface area contributed by atoms with Crippen molar-refractivity contribution in [1.29, 1.82) is 0 Å². The van der Waals surface area contributed by atoms with E-state index in [1.54, 1.807) is 9.42 Å².